The molecule has 0 aliphatic heterocycles. The van der Waals surface area contributed by atoms with E-state index >= 15 is 8.78 Å². The Kier molecular flexibility index (Phi) is 9.46. The highest BCUT2D eigenvalue weighted by molar-refractivity contribution is 5.78. The summed E-state index contributed by atoms with van der Waals surface area (Å²) in [6.45, 7) is 4.87. The first-order valence-electron chi connectivity index (χ1n) is 13.7. The molecule has 0 N–H and O–H groups in total. The molecule has 1 aliphatic carbocycles. The van der Waals surface area contributed by atoms with Gasteiger partial charge in [-0.1, -0.05) is 130 Å². The molecule has 1 atom stereocenters. The van der Waals surface area contributed by atoms with Gasteiger partial charge in [-0.25, -0.2) is 8.78 Å². The predicted molar refractivity (Wildman–Crippen MR) is 151 cm³/mol. The van der Waals surface area contributed by atoms with Crippen molar-refractivity contribution in [3.8, 4) is 22.3 Å². The van der Waals surface area contributed by atoms with Crippen LogP contribution in [-0.2, 0) is 4.74 Å². The first-order chi connectivity index (χ1) is 18.1. The van der Waals surface area contributed by atoms with Crippen molar-refractivity contribution in [2.24, 2.45) is 0 Å². The molecule has 3 aromatic carbocycles. The third-order valence-electron chi connectivity index (χ3n) is 7.32. The number of rotatable bonds is 12. The van der Waals surface area contributed by atoms with Crippen molar-refractivity contribution in [1.29, 1.82) is 0 Å². The molecule has 0 amide bonds. The van der Waals surface area contributed by atoms with Crippen LogP contribution in [0, 0.1) is 11.6 Å². The Bertz CT molecular complexity index is 1210. The van der Waals surface area contributed by atoms with Gasteiger partial charge in [-0.15, -0.1) is 0 Å². The Balaban J connectivity index is 1.47. The number of allylic oxidation sites excluding steroid dienone is 2. The second-order valence-electron chi connectivity index (χ2n) is 9.94. The van der Waals surface area contributed by atoms with Crippen LogP contribution in [0.4, 0.5) is 8.78 Å². The van der Waals surface area contributed by atoms with E-state index in [0.717, 1.165) is 24.0 Å². The van der Waals surface area contributed by atoms with Gasteiger partial charge in [-0.05, 0) is 42.0 Å². The first-order valence-corrected chi connectivity index (χ1v) is 13.7. The van der Waals surface area contributed by atoms with Crippen molar-refractivity contribution in [2.45, 2.75) is 70.8 Å². The number of ether oxygens (including phenoxy) is 1. The van der Waals surface area contributed by atoms with Gasteiger partial charge in [0.15, 0.2) is 11.6 Å². The van der Waals surface area contributed by atoms with Crippen LogP contribution >= 0.6 is 0 Å². The van der Waals surface area contributed by atoms with E-state index in [-0.39, 0.29) is 11.2 Å². The topological polar surface area (TPSA) is 9.23 Å². The quantitative estimate of drug-likeness (QED) is 0.225. The van der Waals surface area contributed by atoms with Crippen LogP contribution in [-0.4, -0.2) is 12.2 Å². The molecule has 194 valence electrons. The Morgan fingerprint density at radius 1 is 0.703 bits per heavy atom. The molecule has 1 unspecified atom stereocenters. The largest absolute Gasteiger partial charge is 0.371 e. The van der Waals surface area contributed by atoms with E-state index in [9.17, 15) is 0 Å². The molecule has 3 aromatic rings. The normalized spacial score (nSPS) is 17.1. The molecular weight excluding hydrogens is 462 g/mol. The van der Waals surface area contributed by atoms with E-state index in [4.69, 9.17) is 4.74 Å². The van der Waals surface area contributed by atoms with Crippen LogP contribution in [0.15, 0.2) is 85.0 Å². The first kappa shape index (κ1) is 27.0. The van der Waals surface area contributed by atoms with E-state index in [2.05, 4.69) is 13.0 Å². The van der Waals surface area contributed by atoms with Crippen molar-refractivity contribution < 1.29 is 13.5 Å². The van der Waals surface area contributed by atoms with Gasteiger partial charge < -0.3 is 4.74 Å². The van der Waals surface area contributed by atoms with E-state index in [1.807, 2.05) is 73.7 Å². The van der Waals surface area contributed by atoms with E-state index in [0.29, 0.717) is 29.7 Å². The minimum absolute atomic E-state index is 0.271. The van der Waals surface area contributed by atoms with Crippen molar-refractivity contribution in [3.63, 3.8) is 0 Å². The van der Waals surface area contributed by atoms with Gasteiger partial charge >= 0.3 is 0 Å². The van der Waals surface area contributed by atoms with Crippen LogP contribution in [0.1, 0.15) is 70.8 Å². The lowest BCUT2D eigenvalue weighted by Gasteiger charge is -2.32. The summed E-state index contributed by atoms with van der Waals surface area (Å²) in [6, 6.07) is 21.0. The Hall–Kier alpha value is -3.04. The predicted octanol–water partition coefficient (Wildman–Crippen LogP) is 10.2. The van der Waals surface area contributed by atoms with E-state index in [1.54, 1.807) is 12.1 Å². The van der Waals surface area contributed by atoms with Crippen molar-refractivity contribution in [1.82, 2.24) is 0 Å². The van der Waals surface area contributed by atoms with E-state index < -0.39 is 11.6 Å². The highest BCUT2D eigenvalue weighted by atomic mass is 19.2. The fourth-order valence-corrected chi connectivity index (χ4v) is 5.19. The van der Waals surface area contributed by atoms with Crippen molar-refractivity contribution >= 4 is 5.57 Å². The molecule has 0 spiro atoms. The zero-order valence-electron chi connectivity index (χ0n) is 22.1. The number of benzene rings is 3. The van der Waals surface area contributed by atoms with Gasteiger partial charge in [0.25, 0.3) is 0 Å². The smallest absolute Gasteiger partial charge is 0.167 e. The molecule has 37 heavy (non-hydrogen) atoms. The molecule has 0 radical (unpaired) electrons. The minimum atomic E-state index is -0.812. The lowest BCUT2D eigenvalue weighted by molar-refractivity contribution is -0.00728. The number of unbranched alkanes of at least 4 members (excludes halogenated alkanes) is 5. The third kappa shape index (κ3) is 6.64. The summed E-state index contributed by atoms with van der Waals surface area (Å²) in [5.41, 5.74) is 3.71. The van der Waals surface area contributed by atoms with Crippen LogP contribution < -0.4 is 0 Å². The van der Waals surface area contributed by atoms with Crippen molar-refractivity contribution in [2.75, 3.05) is 6.61 Å². The highest BCUT2D eigenvalue weighted by Crippen LogP contribution is 2.36. The number of hydrogen-bond acceptors (Lipinski definition) is 1. The third-order valence-corrected chi connectivity index (χ3v) is 7.32. The monoisotopic (exact) mass is 500 g/mol. The second-order valence-corrected chi connectivity index (χ2v) is 9.94. The molecule has 0 fully saturated rings. The lowest BCUT2D eigenvalue weighted by atomic mass is 9.85. The molecule has 1 aliphatic rings. The molecule has 0 aromatic heterocycles. The van der Waals surface area contributed by atoms with Gasteiger partial charge in [0.1, 0.15) is 0 Å². The zero-order valence-corrected chi connectivity index (χ0v) is 22.1. The van der Waals surface area contributed by atoms with Crippen LogP contribution in [0.25, 0.3) is 27.8 Å². The fraction of sp³-hybridized carbons (Fsp3) is 0.353. The molecular formula is C34H38F2O. The summed E-state index contributed by atoms with van der Waals surface area (Å²) < 4.78 is 36.7. The molecule has 0 saturated carbocycles. The average molecular weight is 501 g/mol. The van der Waals surface area contributed by atoms with Gasteiger partial charge in [-0.2, -0.15) is 0 Å². The fourth-order valence-electron chi connectivity index (χ4n) is 5.19. The summed E-state index contributed by atoms with van der Waals surface area (Å²) in [4.78, 5) is 0. The van der Waals surface area contributed by atoms with Gasteiger partial charge in [0.2, 0.25) is 0 Å². The summed E-state index contributed by atoms with van der Waals surface area (Å²) in [5.74, 6) is -1.62. The molecule has 3 heteroatoms. The van der Waals surface area contributed by atoms with Crippen molar-refractivity contribution in [3.05, 3.63) is 102 Å². The molecule has 0 heterocycles. The Morgan fingerprint density at radius 2 is 1.32 bits per heavy atom. The molecule has 4 rings (SSSR count). The second kappa shape index (κ2) is 13.0. The maximum Gasteiger partial charge on any atom is 0.167 e. The van der Waals surface area contributed by atoms with Crippen LogP contribution in [0.2, 0.25) is 0 Å². The van der Waals surface area contributed by atoms with Gasteiger partial charge in [0.05, 0.1) is 5.60 Å². The van der Waals surface area contributed by atoms with Crippen LogP contribution in [0.3, 0.4) is 0 Å². The summed E-state index contributed by atoms with van der Waals surface area (Å²) in [6.07, 6.45) is 15.0. The summed E-state index contributed by atoms with van der Waals surface area (Å²) >= 11 is 0. The Labute approximate surface area is 220 Å². The molecule has 0 bridgehead atoms. The maximum atomic E-state index is 15.3. The lowest BCUT2D eigenvalue weighted by Crippen LogP contribution is -2.31. The number of halogens is 2. The average Bonchev–Trinajstić information content (AvgIpc) is 2.94. The SMILES string of the molecule is CCCCCCCCC1(OCC)C=CC(c2ccc(-c3ccc(-c4ccccc4)cc3)c(F)c2F)=CC1. The summed E-state index contributed by atoms with van der Waals surface area (Å²) in [5, 5.41) is 0. The van der Waals surface area contributed by atoms with Crippen LogP contribution in [0.5, 0.6) is 0 Å². The zero-order chi connectivity index (χ0) is 26.1. The minimum Gasteiger partial charge on any atom is -0.371 e. The van der Waals surface area contributed by atoms with Gasteiger partial charge in [0, 0.05) is 17.7 Å². The van der Waals surface area contributed by atoms with Gasteiger partial charge in [-0.3, -0.25) is 0 Å². The Morgan fingerprint density at radius 3 is 2.00 bits per heavy atom. The number of hydrogen-bond donors (Lipinski definition) is 0. The maximum absolute atomic E-state index is 15.3. The molecule has 0 saturated heterocycles. The van der Waals surface area contributed by atoms with E-state index in [1.165, 1.54) is 32.1 Å². The molecule has 1 nitrogen and oxygen atoms in total. The summed E-state index contributed by atoms with van der Waals surface area (Å²) in [7, 11) is 0. The highest BCUT2D eigenvalue weighted by Gasteiger charge is 2.29. The standard InChI is InChI=1S/C34H38F2O/c1-3-5-6-7-8-12-23-34(37-4-2)24-21-29(22-25-34)31-20-19-30(32(35)33(31)36)28-17-15-27(16-18-28)26-13-10-9-11-14-26/h9-11,13-22,24H,3-8,12,23,25H2,1-2H3.